The summed E-state index contributed by atoms with van der Waals surface area (Å²) in [5.74, 6) is 1.15. The van der Waals surface area contributed by atoms with E-state index in [-0.39, 0.29) is 43.1 Å². The second kappa shape index (κ2) is 10.7. The Morgan fingerprint density at radius 1 is 1.03 bits per heavy atom. The molecule has 1 aliphatic rings. The monoisotopic (exact) mass is 490 g/mol. The van der Waals surface area contributed by atoms with Gasteiger partial charge in [0.2, 0.25) is 0 Å². The SMILES string of the molecule is CCN(CC)C(=O)c1ccc(CN2C(=O)COc3ccc(C(=O)COc4cc(C)ccc4C)cc32)o1. The zero-order valence-corrected chi connectivity index (χ0v) is 21.0. The number of hydrogen-bond donors (Lipinski definition) is 0. The van der Waals surface area contributed by atoms with E-state index in [1.807, 2.05) is 45.9 Å². The molecule has 8 heteroatoms. The summed E-state index contributed by atoms with van der Waals surface area (Å²) in [6, 6.07) is 14.1. The number of aryl methyl sites for hydroxylation is 2. The Morgan fingerprint density at radius 3 is 2.56 bits per heavy atom. The lowest BCUT2D eigenvalue weighted by Crippen LogP contribution is -2.38. The van der Waals surface area contributed by atoms with Gasteiger partial charge >= 0.3 is 0 Å². The predicted molar refractivity (Wildman–Crippen MR) is 135 cm³/mol. The lowest BCUT2D eigenvalue weighted by atomic mass is 10.1. The summed E-state index contributed by atoms with van der Waals surface area (Å²) >= 11 is 0. The summed E-state index contributed by atoms with van der Waals surface area (Å²) in [5, 5.41) is 0. The molecular weight excluding hydrogens is 460 g/mol. The maximum Gasteiger partial charge on any atom is 0.289 e. The van der Waals surface area contributed by atoms with E-state index in [1.54, 1.807) is 35.2 Å². The van der Waals surface area contributed by atoms with E-state index >= 15 is 0 Å². The Balaban J connectivity index is 1.52. The van der Waals surface area contributed by atoms with Gasteiger partial charge in [-0.15, -0.1) is 0 Å². The molecule has 0 aliphatic carbocycles. The first kappa shape index (κ1) is 25.0. The van der Waals surface area contributed by atoms with Crippen molar-refractivity contribution >= 4 is 23.3 Å². The van der Waals surface area contributed by atoms with E-state index in [9.17, 15) is 14.4 Å². The van der Waals surface area contributed by atoms with Gasteiger partial charge in [0, 0.05) is 18.7 Å². The summed E-state index contributed by atoms with van der Waals surface area (Å²) in [6.45, 7) is 8.70. The molecule has 36 heavy (non-hydrogen) atoms. The van der Waals surface area contributed by atoms with Gasteiger partial charge in [0.1, 0.15) is 17.3 Å². The van der Waals surface area contributed by atoms with Gasteiger partial charge < -0.3 is 18.8 Å². The lowest BCUT2D eigenvalue weighted by molar-refractivity contribution is -0.121. The first-order chi connectivity index (χ1) is 17.3. The molecule has 0 N–H and O–H groups in total. The van der Waals surface area contributed by atoms with Crippen LogP contribution in [0.5, 0.6) is 11.5 Å². The highest BCUT2D eigenvalue weighted by molar-refractivity contribution is 6.02. The average Bonchev–Trinajstić information content (AvgIpc) is 3.35. The topological polar surface area (TPSA) is 89.3 Å². The number of ketones is 1. The van der Waals surface area contributed by atoms with Crippen LogP contribution in [0.25, 0.3) is 0 Å². The van der Waals surface area contributed by atoms with Gasteiger partial charge in [0.25, 0.3) is 11.8 Å². The minimum atomic E-state index is -0.272. The number of Topliss-reactive ketones (excluding diaryl/α,β-unsaturated/α-hetero) is 1. The highest BCUT2D eigenvalue weighted by Crippen LogP contribution is 2.34. The van der Waals surface area contributed by atoms with Crippen LogP contribution < -0.4 is 14.4 Å². The summed E-state index contributed by atoms with van der Waals surface area (Å²) in [6.07, 6.45) is 0. The van der Waals surface area contributed by atoms with Gasteiger partial charge in [-0.2, -0.15) is 0 Å². The van der Waals surface area contributed by atoms with Gasteiger partial charge in [-0.25, -0.2) is 0 Å². The molecule has 2 aromatic carbocycles. The van der Waals surface area contributed by atoms with Crippen LogP contribution >= 0.6 is 0 Å². The molecule has 188 valence electrons. The third kappa shape index (κ3) is 5.27. The van der Waals surface area contributed by atoms with Gasteiger partial charge in [-0.05, 0) is 75.2 Å². The standard InChI is InChI=1S/C28H30N2O6/c1-5-29(6-2)28(33)25-12-10-21(36-25)15-30-22-14-20(9-11-24(22)35-17-27(30)32)23(31)16-34-26-13-18(3)7-8-19(26)4/h7-14H,5-6,15-17H2,1-4H3. The number of nitrogens with zero attached hydrogens (tertiary/aromatic N) is 2. The number of furan rings is 1. The van der Waals surface area contributed by atoms with Crippen molar-refractivity contribution in [1.82, 2.24) is 4.90 Å². The highest BCUT2D eigenvalue weighted by atomic mass is 16.5. The largest absolute Gasteiger partial charge is 0.485 e. The van der Waals surface area contributed by atoms with Crippen LogP contribution in [0.4, 0.5) is 5.69 Å². The van der Waals surface area contributed by atoms with Crippen LogP contribution in [0.2, 0.25) is 0 Å². The third-order valence-corrected chi connectivity index (χ3v) is 6.16. The van der Waals surface area contributed by atoms with Crippen LogP contribution in [0, 0.1) is 13.8 Å². The highest BCUT2D eigenvalue weighted by Gasteiger charge is 2.28. The number of carbonyl (C=O) groups excluding carboxylic acids is 3. The fourth-order valence-corrected chi connectivity index (χ4v) is 4.04. The van der Waals surface area contributed by atoms with Crippen LogP contribution in [-0.4, -0.2) is 48.8 Å². The minimum absolute atomic E-state index is 0.108. The van der Waals surface area contributed by atoms with Crippen LogP contribution in [0.1, 0.15) is 51.6 Å². The Bertz CT molecular complexity index is 1290. The van der Waals surface area contributed by atoms with E-state index in [0.717, 1.165) is 11.1 Å². The number of fused-ring (bicyclic) bond motifs is 1. The van der Waals surface area contributed by atoms with E-state index in [2.05, 4.69) is 0 Å². The van der Waals surface area contributed by atoms with E-state index in [4.69, 9.17) is 13.9 Å². The molecule has 8 nitrogen and oxygen atoms in total. The molecule has 3 aromatic rings. The number of benzene rings is 2. The third-order valence-electron chi connectivity index (χ3n) is 6.16. The lowest BCUT2D eigenvalue weighted by Gasteiger charge is -2.29. The number of anilines is 1. The Morgan fingerprint density at radius 2 is 1.81 bits per heavy atom. The minimum Gasteiger partial charge on any atom is -0.485 e. The molecule has 0 radical (unpaired) electrons. The molecule has 0 spiro atoms. The second-order valence-electron chi connectivity index (χ2n) is 8.68. The van der Waals surface area contributed by atoms with E-state index < -0.39 is 0 Å². The molecule has 0 saturated carbocycles. The molecule has 1 aromatic heterocycles. The molecule has 4 rings (SSSR count). The number of rotatable bonds is 9. The number of carbonyl (C=O) groups is 3. The number of hydrogen-bond acceptors (Lipinski definition) is 6. The molecule has 2 heterocycles. The predicted octanol–water partition coefficient (Wildman–Crippen LogP) is 4.57. The van der Waals surface area contributed by atoms with E-state index in [0.29, 0.717) is 41.6 Å². The molecule has 0 fully saturated rings. The van der Waals surface area contributed by atoms with Gasteiger partial charge in [-0.3, -0.25) is 19.3 Å². The Labute approximate surface area is 210 Å². The first-order valence-corrected chi connectivity index (χ1v) is 12.0. The molecule has 1 aliphatic heterocycles. The summed E-state index contributed by atoms with van der Waals surface area (Å²) in [7, 11) is 0. The smallest absolute Gasteiger partial charge is 0.289 e. The fraction of sp³-hybridized carbons (Fsp3) is 0.321. The molecular formula is C28H30N2O6. The fourth-order valence-electron chi connectivity index (χ4n) is 4.04. The first-order valence-electron chi connectivity index (χ1n) is 12.0. The zero-order chi connectivity index (χ0) is 25.8. The molecule has 2 amide bonds. The molecule has 0 saturated heterocycles. The van der Waals surface area contributed by atoms with Crippen LogP contribution in [0.15, 0.2) is 52.9 Å². The van der Waals surface area contributed by atoms with Crippen molar-refractivity contribution in [1.29, 1.82) is 0 Å². The van der Waals surface area contributed by atoms with Gasteiger partial charge in [-0.1, -0.05) is 12.1 Å². The maximum atomic E-state index is 12.9. The van der Waals surface area contributed by atoms with Crippen molar-refractivity contribution in [3.63, 3.8) is 0 Å². The molecule has 0 bridgehead atoms. The second-order valence-corrected chi connectivity index (χ2v) is 8.68. The summed E-state index contributed by atoms with van der Waals surface area (Å²) in [4.78, 5) is 41.4. The van der Waals surface area contributed by atoms with Crippen molar-refractivity contribution in [2.24, 2.45) is 0 Å². The van der Waals surface area contributed by atoms with Crippen molar-refractivity contribution < 1.29 is 28.3 Å². The average molecular weight is 491 g/mol. The van der Waals surface area contributed by atoms with Crippen molar-refractivity contribution in [2.45, 2.75) is 34.2 Å². The van der Waals surface area contributed by atoms with Crippen molar-refractivity contribution in [3.05, 3.63) is 76.7 Å². The van der Waals surface area contributed by atoms with Gasteiger partial charge in [0.15, 0.2) is 24.8 Å². The molecule has 0 unspecified atom stereocenters. The Hall–Kier alpha value is -4.07. The van der Waals surface area contributed by atoms with Crippen LogP contribution in [-0.2, 0) is 11.3 Å². The van der Waals surface area contributed by atoms with Crippen molar-refractivity contribution in [2.75, 3.05) is 31.2 Å². The zero-order valence-electron chi connectivity index (χ0n) is 21.0. The summed E-state index contributed by atoms with van der Waals surface area (Å²) in [5.41, 5.74) is 2.86. The normalized spacial score (nSPS) is 12.7. The van der Waals surface area contributed by atoms with Crippen LogP contribution in [0.3, 0.4) is 0 Å². The van der Waals surface area contributed by atoms with Gasteiger partial charge in [0.05, 0.1) is 12.2 Å². The number of amides is 2. The quantitative estimate of drug-likeness (QED) is 0.409. The maximum absolute atomic E-state index is 12.9. The summed E-state index contributed by atoms with van der Waals surface area (Å²) < 4.78 is 17.1. The van der Waals surface area contributed by atoms with E-state index in [1.165, 1.54) is 4.90 Å². The Kier molecular flexibility index (Phi) is 7.43. The van der Waals surface area contributed by atoms with Crippen molar-refractivity contribution in [3.8, 4) is 11.5 Å². The molecule has 0 atom stereocenters. The number of ether oxygens (including phenoxy) is 2.